The molecule has 208 valence electrons. The van der Waals surface area contributed by atoms with Gasteiger partial charge >= 0.3 is 0 Å². The van der Waals surface area contributed by atoms with Crippen molar-refractivity contribution in [2.75, 3.05) is 18.0 Å². The first-order valence-electron chi connectivity index (χ1n) is 15.2. The van der Waals surface area contributed by atoms with Gasteiger partial charge in [-0.05, 0) is 36.1 Å². The Morgan fingerprint density at radius 2 is 0.919 bits per heavy atom. The van der Waals surface area contributed by atoms with Crippen LogP contribution >= 0.6 is 0 Å². The van der Waals surface area contributed by atoms with Crippen LogP contribution in [0, 0.1) is 0 Å². The van der Waals surface area contributed by atoms with Crippen molar-refractivity contribution in [1.29, 1.82) is 0 Å². The molecule has 0 aliphatic carbocycles. The van der Waals surface area contributed by atoms with Crippen molar-refractivity contribution >= 4 is 17.8 Å². The maximum Gasteiger partial charge on any atom is 0.169 e. The number of aromatic nitrogens is 1. The first-order chi connectivity index (χ1) is 17.7. The van der Waals surface area contributed by atoms with Crippen LogP contribution in [-0.4, -0.2) is 13.1 Å². The number of hydrogen-bond donors (Lipinski definition) is 0. The van der Waals surface area contributed by atoms with Gasteiger partial charge in [-0.1, -0.05) is 128 Å². The number of unbranched alkanes of at least 4 members (excludes halogenated alkanes) is 14. The fourth-order valence-corrected chi connectivity index (χ4v) is 4.86. The smallest absolute Gasteiger partial charge is 0.169 e. The van der Waals surface area contributed by atoms with E-state index in [0.717, 1.165) is 0 Å². The second-order valence-corrected chi connectivity index (χ2v) is 10.7. The third kappa shape index (κ3) is 16.3. The van der Waals surface area contributed by atoms with Crippen LogP contribution in [0.1, 0.15) is 128 Å². The Bertz CT molecular complexity index is 778. The minimum absolute atomic E-state index is 0. The van der Waals surface area contributed by atoms with E-state index in [4.69, 9.17) is 0 Å². The van der Waals surface area contributed by atoms with Gasteiger partial charge in [0.2, 0.25) is 0 Å². The van der Waals surface area contributed by atoms with Crippen molar-refractivity contribution in [3.8, 4) is 0 Å². The number of nitrogens with zero attached hydrogens (tertiary/aromatic N) is 2. The lowest BCUT2D eigenvalue weighted by molar-refractivity contribution is -0.671. The average molecular weight is 619 g/mol. The van der Waals surface area contributed by atoms with Crippen molar-refractivity contribution in [3.63, 3.8) is 0 Å². The number of aryl methyl sites for hydroxylation is 1. The van der Waals surface area contributed by atoms with Gasteiger partial charge in [0, 0.05) is 30.9 Å². The summed E-state index contributed by atoms with van der Waals surface area (Å²) in [5, 5.41) is 0. The number of halogens is 1. The SMILES string of the molecule is CCCCCCCCCCN(CCCCCCCCCC)c1ccc(C=Cc2cc[n+](C)cc2)cc1.[I-]. The summed E-state index contributed by atoms with van der Waals surface area (Å²) in [7, 11) is 2.05. The molecule has 0 amide bonds. The maximum absolute atomic E-state index is 2.65. The van der Waals surface area contributed by atoms with E-state index >= 15 is 0 Å². The fraction of sp³-hybridized carbons (Fsp3) is 0.618. The summed E-state index contributed by atoms with van der Waals surface area (Å²) in [6.45, 7) is 6.99. The Kier molecular flexibility index (Phi) is 20.6. The molecule has 0 spiro atoms. The molecule has 2 nitrogen and oxygen atoms in total. The maximum atomic E-state index is 2.65. The predicted molar refractivity (Wildman–Crippen MR) is 160 cm³/mol. The lowest BCUT2D eigenvalue weighted by atomic mass is 10.1. The normalized spacial score (nSPS) is 11.1. The molecule has 3 heteroatoms. The van der Waals surface area contributed by atoms with Crippen LogP contribution in [-0.2, 0) is 7.05 Å². The summed E-state index contributed by atoms with van der Waals surface area (Å²) in [6.07, 6.45) is 30.8. The van der Waals surface area contributed by atoms with Crippen LogP contribution in [0.5, 0.6) is 0 Å². The van der Waals surface area contributed by atoms with E-state index in [1.54, 1.807) is 0 Å². The van der Waals surface area contributed by atoms with Crippen molar-refractivity contribution in [3.05, 3.63) is 59.9 Å². The Balaban J connectivity index is 0.00000684. The van der Waals surface area contributed by atoms with Gasteiger partial charge in [0.15, 0.2) is 12.4 Å². The highest BCUT2D eigenvalue weighted by Gasteiger charge is 2.07. The molecule has 1 aromatic heterocycles. The van der Waals surface area contributed by atoms with Crippen LogP contribution in [0.4, 0.5) is 5.69 Å². The van der Waals surface area contributed by atoms with Gasteiger partial charge in [-0.15, -0.1) is 0 Å². The Morgan fingerprint density at radius 3 is 1.35 bits per heavy atom. The molecule has 0 aliphatic rings. The molecular formula is C34H55IN2. The number of pyridine rings is 1. The molecular weight excluding hydrogens is 563 g/mol. The van der Waals surface area contributed by atoms with Crippen LogP contribution < -0.4 is 33.4 Å². The monoisotopic (exact) mass is 618 g/mol. The summed E-state index contributed by atoms with van der Waals surface area (Å²) >= 11 is 0. The fourth-order valence-electron chi connectivity index (χ4n) is 4.86. The lowest BCUT2D eigenvalue weighted by Gasteiger charge is -2.25. The lowest BCUT2D eigenvalue weighted by Crippen LogP contribution is -3.00. The van der Waals surface area contributed by atoms with Crippen LogP contribution in [0.2, 0.25) is 0 Å². The van der Waals surface area contributed by atoms with Gasteiger partial charge in [0.1, 0.15) is 7.05 Å². The van der Waals surface area contributed by atoms with Crippen molar-refractivity contribution < 1.29 is 28.5 Å². The minimum Gasteiger partial charge on any atom is -1.00 e. The molecule has 1 heterocycles. The Morgan fingerprint density at radius 1 is 0.541 bits per heavy atom. The third-order valence-electron chi connectivity index (χ3n) is 7.29. The molecule has 2 aromatic rings. The van der Waals surface area contributed by atoms with Crippen LogP contribution in [0.25, 0.3) is 12.2 Å². The predicted octanol–water partition coefficient (Wildman–Crippen LogP) is 6.77. The summed E-state index contributed by atoms with van der Waals surface area (Å²) in [5.74, 6) is 0. The zero-order valence-corrected chi connectivity index (χ0v) is 26.4. The molecule has 2 rings (SSSR count). The molecule has 0 atom stereocenters. The summed E-state index contributed by atoms with van der Waals surface area (Å²) in [5.41, 5.74) is 3.90. The van der Waals surface area contributed by atoms with Crippen molar-refractivity contribution in [2.24, 2.45) is 7.05 Å². The van der Waals surface area contributed by atoms with E-state index < -0.39 is 0 Å². The van der Waals surface area contributed by atoms with E-state index in [2.05, 4.69) is 91.3 Å². The van der Waals surface area contributed by atoms with Crippen molar-refractivity contribution in [2.45, 2.75) is 117 Å². The van der Waals surface area contributed by atoms with Crippen molar-refractivity contribution in [1.82, 2.24) is 0 Å². The standard InChI is InChI=1S/C34H55N2.HI/c1-4-6-8-10-12-14-16-18-28-36(29-19-17-15-13-11-9-7-5-2)34-24-22-32(23-25-34)20-21-33-26-30-35(3)31-27-33;/h20-27,30-31H,4-19,28-29H2,1-3H3;1H/q+1;/p-1. The minimum atomic E-state index is 0. The van der Waals surface area contributed by atoms with Gasteiger partial charge in [-0.3, -0.25) is 0 Å². The van der Waals surface area contributed by atoms with E-state index in [9.17, 15) is 0 Å². The first-order valence-corrected chi connectivity index (χ1v) is 15.2. The second kappa shape index (κ2) is 22.6. The largest absolute Gasteiger partial charge is 1.00 e. The second-order valence-electron chi connectivity index (χ2n) is 10.7. The summed E-state index contributed by atoms with van der Waals surface area (Å²) < 4.78 is 2.07. The zero-order valence-electron chi connectivity index (χ0n) is 24.3. The molecule has 0 fully saturated rings. The van der Waals surface area contributed by atoms with Gasteiger partial charge in [0.05, 0.1) is 0 Å². The molecule has 0 N–H and O–H groups in total. The number of anilines is 1. The van der Waals surface area contributed by atoms with Gasteiger partial charge in [-0.25, -0.2) is 4.57 Å². The zero-order chi connectivity index (χ0) is 25.7. The molecule has 37 heavy (non-hydrogen) atoms. The quantitative estimate of drug-likeness (QED) is 0.0851. The van der Waals surface area contributed by atoms with Gasteiger partial charge in [0.25, 0.3) is 0 Å². The molecule has 0 saturated heterocycles. The highest BCUT2D eigenvalue weighted by atomic mass is 127. The number of rotatable bonds is 21. The molecule has 0 saturated carbocycles. The van der Waals surface area contributed by atoms with Crippen LogP contribution in [0.3, 0.4) is 0 Å². The Hall–Kier alpha value is -1.36. The summed E-state index contributed by atoms with van der Waals surface area (Å²) in [4.78, 5) is 2.65. The van der Waals surface area contributed by atoms with Gasteiger partial charge < -0.3 is 28.9 Å². The number of benzene rings is 1. The first kappa shape index (κ1) is 33.7. The third-order valence-corrected chi connectivity index (χ3v) is 7.29. The summed E-state index contributed by atoms with van der Waals surface area (Å²) in [6, 6.07) is 13.5. The van der Waals surface area contributed by atoms with E-state index in [1.165, 1.54) is 133 Å². The molecule has 0 radical (unpaired) electrons. The molecule has 0 bridgehead atoms. The molecule has 1 aromatic carbocycles. The number of hydrogen-bond acceptors (Lipinski definition) is 1. The topological polar surface area (TPSA) is 7.12 Å². The van der Waals surface area contributed by atoms with E-state index in [1.807, 2.05) is 0 Å². The average Bonchev–Trinajstić information content (AvgIpc) is 2.90. The van der Waals surface area contributed by atoms with E-state index in [0.29, 0.717) is 0 Å². The molecule has 0 unspecified atom stereocenters. The van der Waals surface area contributed by atoms with E-state index in [-0.39, 0.29) is 24.0 Å². The molecule has 0 aliphatic heterocycles. The Labute approximate surface area is 247 Å². The highest BCUT2D eigenvalue weighted by Crippen LogP contribution is 2.20. The highest BCUT2D eigenvalue weighted by molar-refractivity contribution is 5.70. The van der Waals surface area contributed by atoms with Crippen LogP contribution in [0.15, 0.2) is 48.8 Å². The van der Waals surface area contributed by atoms with Gasteiger partial charge in [-0.2, -0.15) is 0 Å².